The van der Waals surface area contributed by atoms with E-state index in [9.17, 15) is 0 Å². The van der Waals surface area contributed by atoms with Gasteiger partial charge in [0, 0.05) is 25.5 Å². The summed E-state index contributed by atoms with van der Waals surface area (Å²) in [7, 11) is 0. The van der Waals surface area contributed by atoms with Crippen molar-refractivity contribution in [3.63, 3.8) is 0 Å². The zero-order valence-electron chi connectivity index (χ0n) is 8.94. The number of hydrogen-bond donors (Lipinski definition) is 2. The molecule has 5 heteroatoms. The number of ether oxygens (including phenoxy) is 1. The maximum absolute atomic E-state index is 5.33. The van der Waals surface area contributed by atoms with E-state index >= 15 is 0 Å². The number of aromatic nitrogens is 3. The van der Waals surface area contributed by atoms with Crippen molar-refractivity contribution in [3.8, 4) is 0 Å². The molecule has 16 heavy (non-hydrogen) atoms. The van der Waals surface area contributed by atoms with Crippen LogP contribution in [0.2, 0.25) is 0 Å². The summed E-state index contributed by atoms with van der Waals surface area (Å²) in [5.74, 6) is 0.915. The van der Waals surface area contributed by atoms with Crippen LogP contribution >= 0.6 is 0 Å². The Balaban J connectivity index is 1.85. The maximum Gasteiger partial charge on any atom is 0.137 e. The van der Waals surface area contributed by atoms with Gasteiger partial charge in [-0.25, -0.2) is 4.98 Å². The number of pyridine rings is 1. The van der Waals surface area contributed by atoms with Gasteiger partial charge in [-0.3, -0.25) is 5.10 Å². The van der Waals surface area contributed by atoms with Crippen LogP contribution in [0.15, 0.2) is 18.5 Å². The van der Waals surface area contributed by atoms with Crippen LogP contribution in [-0.4, -0.2) is 34.4 Å². The van der Waals surface area contributed by atoms with Gasteiger partial charge in [-0.1, -0.05) is 0 Å². The van der Waals surface area contributed by atoms with E-state index in [0.29, 0.717) is 6.04 Å². The van der Waals surface area contributed by atoms with Crippen molar-refractivity contribution in [1.29, 1.82) is 0 Å². The molecular formula is C11H14N4O. The number of rotatable bonds is 2. The first-order valence-electron chi connectivity index (χ1n) is 5.56. The second kappa shape index (κ2) is 4.09. The summed E-state index contributed by atoms with van der Waals surface area (Å²) < 4.78 is 5.33. The lowest BCUT2D eigenvalue weighted by Gasteiger charge is -2.23. The molecule has 0 aromatic carbocycles. The van der Waals surface area contributed by atoms with Gasteiger partial charge in [0.15, 0.2) is 0 Å². The minimum atomic E-state index is 0.460. The quantitative estimate of drug-likeness (QED) is 0.802. The first-order valence-corrected chi connectivity index (χ1v) is 5.56. The molecule has 2 N–H and O–H groups in total. The molecule has 0 radical (unpaired) electrons. The Hall–Kier alpha value is -1.62. The highest BCUT2D eigenvalue weighted by Crippen LogP contribution is 2.21. The van der Waals surface area contributed by atoms with Gasteiger partial charge in [0.25, 0.3) is 0 Å². The van der Waals surface area contributed by atoms with Crippen LogP contribution < -0.4 is 5.32 Å². The molecule has 3 heterocycles. The summed E-state index contributed by atoms with van der Waals surface area (Å²) >= 11 is 0. The number of nitrogens with zero attached hydrogens (tertiary/aromatic N) is 2. The van der Waals surface area contributed by atoms with Gasteiger partial charge in [0.2, 0.25) is 0 Å². The maximum atomic E-state index is 5.33. The lowest BCUT2D eigenvalue weighted by molar-refractivity contribution is 0.0904. The Morgan fingerprint density at radius 1 is 1.38 bits per heavy atom. The largest absolute Gasteiger partial charge is 0.381 e. The number of nitrogens with one attached hydrogen (secondary N) is 2. The van der Waals surface area contributed by atoms with E-state index in [1.165, 1.54) is 0 Å². The highest BCUT2D eigenvalue weighted by atomic mass is 16.5. The molecule has 0 aliphatic carbocycles. The summed E-state index contributed by atoms with van der Waals surface area (Å²) in [5.41, 5.74) is 1.02. The van der Waals surface area contributed by atoms with Crippen molar-refractivity contribution in [2.75, 3.05) is 18.5 Å². The van der Waals surface area contributed by atoms with Crippen LogP contribution in [0.25, 0.3) is 10.9 Å². The van der Waals surface area contributed by atoms with Crippen LogP contribution in [0.5, 0.6) is 0 Å². The minimum Gasteiger partial charge on any atom is -0.381 e. The molecule has 3 rings (SSSR count). The van der Waals surface area contributed by atoms with Gasteiger partial charge in [-0.2, -0.15) is 5.10 Å². The van der Waals surface area contributed by atoms with E-state index in [1.807, 2.05) is 12.3 Å². The Bertz CT molecular complexity index is 476. The molecule has 0 spiro atoms. The topological polar surface area (TPSA) is 62.8 Å². The predicted molar refractivity (Wildman–Crippen MR) is 61.4 cm³/mol. The van der Waals surface area contributed by atoms with Crippen LogP contribution in [0.4, 0.5) is 5.82 Å². The molecule has 1 fully saturated rings. The third kappa shape index (κ3) is 1.74. The van der Waals surface area contributed by atoms with Gasteiger partial charge in [0.1, 0.15) is 5.82 Å². The van der Waals surface area contributed by atoms with Gasteiger partial charge in [-0.05, 0) is 18.9 Å². The van der Waals surface area contributed by atoms with Crippen molar-refractivity contribution >= 4 is 16.7 Å². The third-order valence-electron chi connectivity index (χ3n) is 2.93. The molecule has 2 aromatic heterocycles. The monoisotopic (exact) mass is 218 g/mol. The summed E-state index contributed by atoms with van der Waals surface area (Å²) in [4.78, 5) is 4.36. The van der Waals surface area contributed by atoms with Crippen molar-refractivity contribution in [3.05, 3.63) is 18.5 Å². The Morgan fingerprint density at radius 3 is 3.12 bits per heavy atom. The van der Waals surface area contributed by atoms with E-state index in [0.717, 1.165) is 42.8 Å². The first kappa shape index (κ1) is 9.59. The second-order valence-corrected chi connectivity index (χ2v) is 4.02. The SMILES string of the molecule is c1cc2[nH]ncc2c(NC2CCOCC2)n1. The number of anilines is 1. The average Bonchev–Trinajstić information content (AvgIpc) is 2.80. The molecule has 1 aliphatic rings. The fourth-order valence-corrected chi connectivity index (χ4v) is 2.02. The van der Waals surface area contributed by atoms with E-state index in [2.05, 4.69) is 20.5 Å². The normalized spacial score (nSPS) is 17.8. The van der Waals surface area contributed by atoms with Gasteiger partial charge in [-0.15, -0.1) is 0 Å². The fourth-order valence-electron chi connectivity index (χ4n) is 2.02. The van der Waals surface area contributed by atoms with Crippen molar-refractivity contribution in [1.82, 2.24) is 15.2 Å². The van der Waals surface area contributed by atoms with E-state index in [-0.39, 0.29) is 0 Å². The Morgan fingerprint density at radius 2 is 2.25 bits per heavy atom. The molecular weight excluding hydrogens is 204 g/mol. The van der Waals surface area contributed by atoms with Gasteiger partial charge < -0.3 is 10.1 Å². The molecule has 0 bridgehead atoms. The summed E-state index contributed by atoms with van der Waals surface area (Å²) in [5, 5.41) is 11.5. The molecule has 1 aliphatic heterocycles. The second-order valence-electron chi connectivity index (χ2n) is 4.02. The summed E-state index contributed by atoms with van der Waals surface area (Å²) in [6, 6.07) is 2.39. The standard InChI is InChI=1S/C11H14N4O/c1-4-12-11(9-7-13-15-10(1)9)14-8-2-5-16-6-3-8/h1,4,7-8H,2-3,5-6H2,(H,12,14)(H,13,15). The number of fused-ring (bicyclic) bond motifs is 1. The molecule has 0 unspecified atom stereocenters. The number of H-pyrrole nitrogens is 1. The van der Waals surface area contributed by atoms with Crippen LogP contribution in [0.1, 0.15) is 12.8 Å². The van der Waals surface area contributed by atoms with Crippen molar-refractivity contribution in [2.45, 2.75) is 18.9 Å². The lowest BCUT2D eigenvalue weighted by atomic mass is 10.1. The van der Waals surface area contributed by atoms with Gasteiger partial charge >= 0.3 is 0 Å². The predicted octanol–water partition coefficient (Wildman–Crippen LogP) is 1.55. The smallest absolute Gasteiger partial charge is 0.137 e. The van der Waals surface area contributed by atoms with Crippen LogP contribution in [-0.2, 0) is 4.74 Å². The molecule has 1 saturated heterocycles. The summed E-state index contributed by atoms with van der Waals surface area (Å²) in [6.07, 6.45) is 5.68. The number of hydrogen-bond acceptors (Lipinski definition) is 4. The highest BCUT2D eigenvalue weighted by Gasteiger charge is 2.15. The molecule has 0 saturated carbocycles. The zero-order valence-corrected chi connectivity index (χ0v) is 8.94. The zero-order chi connectivity index (χ0) is 10.8. The molecule has 0 atom stereocenters. The minimum absolute atomic E-state index is 0.460. The molecule has 0 amide bonds. The van der Waals surface area contributed by atoms with Crippen molar-refractivity contribution in [2.24, 2.45) is 0 Å². The average molecular weight is 218 g/mol. The molecule has 5 nitrogen and oxygen atoms in total. The van der Waals surface area contributed by atoms with Crippen molar-refractivity contribution < 1.29 is 4.74 Å². The first-order chi connectivity index (χ1) is 7.93. The molecule has 2 aromatic rings. The third-order valence-corrected chi connectivity index (χ3v) is 2.93. The number of aromatic amines is 1. The van der Waals surface area contributed by atoms with Crippen LogP contribution in [0.3, 0.4) is 0 Å². The van der Waals surface area contributed by atoms with E-state index in [1.54, 1.807) is 6.20 Å². The van der Waals surface area contributed by atoms with Gasteiger partial charge in [0.05, 0.1) is 17.1 Å². The summed E-state index contributed by atoms with van der Waals surface area (Å²) in [6.45, 7) is 1.66. The fraction of sp³-hybridized carbons (Fsp3) is 0.455. The Kier molecular flexibility index (Phi) is 2.46. The Labute approximate surface area is 93.2 Å². The van der Waals surface area contributed by atoms with E-state index < -0.39 is 0 Å². The van der Waals surface area contributed by atoms with Crippen LogP contribution in [0, 0.1) is 0 Å². The van der Waals surface area contributed by atoms with E-state index in [4.69, 9.17) is 4.74 Å². The lowest BCUT2D eigenvalue weighted by Crippen LogP contribution is -2.28. The highest BCUT2D eigenvalue weighted by molar-refractivity contribution is 5.88. The molecule has 84 valence electrons.